The number of pyridine rings is 1. The average Bonchev–Trinajstić information content (AvgIpc) is 3.59. The third-order valence-electron chi connectivity index (χ3n) is 7.80. The number of ether oxygens (including phenoxy) is 1. The van der Waals surface area contributed by atoms with Crippen LogP contribution in [0.2, 0.25) is 5.02 Å². The molecule has 11 heteroatoms. The van der Waals surface area contributed by atoms with Crippen molar-refractivity contribution in [3.8, 4) is 0 Å². The molecule has 0 saturated carbocycles. The molecule has 0 aliphatic carbocycles. The standard InChI is InChI=1S/C27H33ClN8O2/c28-22-5-3-21(4-6-22)27(20-37)7-10-34(11-8-27)24-2-1-9-36-25(24)31-26(32-36)30-23-18-29-35(19-23)13-12-33-14-16-38-17-15-33/h1-6,9,18-19,37H,7-8,10-17,20H2,(H,30,32). The predicted molar refractivity (Wildman–Crippen MR) is 147 cm³/mol. The summed E-state index contributed by atoms with van der Waals surface area (Å²) in [5, 5.41) is 23.5. The van der Waals surface area contributed by atoms with Gasteiger partial charge in [0, 0.05) is 55.6 Å². The van der Waals surface area contributed by atoms with Crippen LogP contribution in [0, 0.1) is 0 Å². The molecule has 0 amide bonds. The predicted octanol–water partition coefficient (Wildman–Crippen LogP) is 3.19. The average molecular weight is 537 g/mol. The maximum absolute atomic E-state index is 10.3. The highest BCUT2D eigenvalue weighted by molar-refractivity contribution is 6.30. The van der Waals surface area contributed by atoms with Gasteiger partial charge in [-0.1, -0.05) is 23.7 Å². The number of halogens is 1. The fourth-order valence-electron chi connectivity index (χ4n) is 5.46. The van der Waals surface area contributed by atoms with Crippen LogP contribution in [0.5, 0.6) is 0 Å². The third-order valence-corrected chi connectivity index (χ3v) is 8.05. The van der Waals surface area contributed by atoms with Crippen LogP contribution >= 0.6 is 11.6 Å². The summed E-state index contributed by atoms with van der Waals surface area (Å²) in [5.74, 6) is 0.535. The van der Waals surface area contributed by atoms with Crippen molar-refractivity contribution in [1.82, 2.24) is 29.3 Å². The second-order valence-electron chi connectivity index (χ2n) is 10.1. The van der Waals surface area contributed by atoms with Crippen molar-refractivity contribution < 1.29 is 9.84 Å². The van der Waals surface area contributed by atoms with Crippen LogP contribution in [-0.2, 0) is 16.7 Å². The number of anilines is 3. The van der Waals surface area contributed by atoms with Crippen LogP contribution < -0.4 is 10.2 Å². The first-order valence-electron chi connectivity index (χ1n) is 13.2. The number of morpholine rings is 1. The number of rotatable bonds is 8. The summed E-state index contributed by atoms with van der Waals surface area (Å²) in [6, 6.07) is 12.0. The molecule has 0 spiro atoms. The number of benzene rings is 1. The third kappa shape index (κ3) is 5.22. The van der Waals surface area contributed by atoms with Gasteiger partial charge in [-0.15, -0.1) is 5.10 Å². The van der Waals surface area contributed by atoms with E-state index in [-0.39, 0.29) is 12.0 Å². The van der Waals surface area contributed by atoms with E-state index >= 15 is 0 Å². The number of aliphatic hydroxyl groups is 1. The van der Waals surface area contributed by atoms with Gasteiger partial charge in [0.15, 0.2) is 5.65 Å². The van der Waals surface area contributed by atoms with Crippen molar-refractivity contribution in [1.29, 1.82) is 0 Å². The number of aromatic nitrogens is 5. The Labute approximate surface area is 226 Å². The first-order valence-corrected chi connectivity index (χ1v) is 13.6. The second-order valence-corrected chi connectivity index (χ2v) is 10.5. The van der Waals surface area contributed by atoms with Gasteiger partial charge in [-0.25, -0.2) is 4.52 Å². The topological polar surface area (TPSA) is 96.0 Å². The van der Waals surface area contributed by atoms with E-state index < -0.39 is 0 Å². The molecule has 200 valence electrons. The van der Waals surface area contributed by atoms with Crippen molar-refractivity contribution in [2.75, 3.05) is 62.8 Å². The molecule has 2 fully saturated rings. The lowest BCUT2D eigenvalue weighted by atomic mass is 9.73. The Hall–Kier alpha value is -3.18. The Balaban J connectivity index is 1.13. The van der Waals surface area contributed by atoms with Crippen molar-refractivity contribution >= 4 is 34.6 Å². The van der Waals surface area contributed by atoms with Gasteiger partial charge in [0.2, 0.25) is 5.95 Å². The van der Waals surface area contributed by atoms with Gasteiger partial charge < -0.3 is 20.1 Å². The van der Waals surface area contributed by atoms with Crippen LogP contribution in [0.15, 0.2) is 55.0 Å². The Morgan fingerprint density at radius 2 is 1.82 bits per heavy atom. The van der Waals surface area contributed by atoms with Crippen molar-refractivity contribution in [3.05, 3.63) is 65.6 Å². The molecule has 3 aromatic heterocycles. The first kappa shape index (κ1) is 25.1. The number of piperidine rings is 1. The number of hydrogen-bond acceptors (Lipinski definition) is 8. The minimum atomic E-state index is -0.255. The lowest BCUT2D eigenvalue weighted by molar-refractivity contribution is 0.0360. The Kier molecular flexibility index (Phi) is 7.20. The lowest BCUT2D eigenvalue weighted by Gasteiger charge is -2.42. The van der Waals surface area contributed by atoms with Crippen LogP contribution in [0.25, 0.3) is 5.65 Å². The molecular formula is C27H33ClN8O2. The fourth-order valence-corrected chi connectivity index (χ4v) is 5.58. The zero-order valence-corrected chi connectivity index (χ0v) is 22.1. The number of nitrogens with zero attached hydrogens (tertiary/aromatic N) is 7. The molecule has 2 aliphatic rings. The molecule has 38 heavy (non-hydrogen) atoms. The number of aliphatic hydroxyl groups excluding tert-OH is 1. The molecule has 1 aromatic carbocycles. The van der Waals surface area contributed by atoms with Gasteiger partial charge in [0.1, 0.15) is 0 Å². The van der Waals surface area contributed by atoms with E-state index in [0.717, 1.165) is 87.9 Å². The Morgan fingerprint density at radius 3 is 2.58 bits per heavy atom. The smallest absolute Gasteiger partial charge is 0.247 e. The van der Waals surface area contributed by atoms with Gasteiger partial charge in [-0.05, 0) is 42.7 Å². The molecular weight excluding hydrogens is 504 g/mol. The molecule has 2 N–H and O–H groups in total. The number of nitrogens with one attached hydrogen (secondary N) is 1. The van der Waals surface area contributed by atoms with E-state index in [1.165, 1.54) is 0 Å². The van der Waals surface area contributed by atoms with E-state index in [1.54, 1.807) is 0 Å². The zero-order valence-electron chi connectivity index (χ0n) is 21.3. The van der Waals surface area contributed by atoms with E-state index in [2.05, 4.69) is 31.4 Å². The summed E-state index contributed by atoms with van der Waals surface area (Å²) in [7, 11) is 0. The summed E-state index contributed by atoms with van der Waals surface area (Å²) >= 11 is 6.09. The summed E-state index contributed by atoms with van der Waals surface area (Å²) in [6.45, 7) is 7.06. The molecule has 6 rings (SSSR count). The van der Waals surface area contributed by atoms with Crippen LogP contribution in [0.4, 0.5) is 17.3 Å². The van der Waals surface area contributed by atoms with Crippen LogP contribution in [-0.4, -0.2) is 86.9 Å². The summed E-state index contributed by atoms with van der Waals surface area (Å²) < 4.78 is 9.18. The van der Waals surface area contributed by atoms with E-state index in [0.29, 0.717) is 11.0 Å². The largest absolute Gasteiger partial charge is 0.395 e. The SMILES string of the molecule is OCC1(c2ccc(Cl)cc2)CCN(c2cccn3nc(Nc4cnn(CCN5CCOCC5)c4)nc23)CC1. The minimum Gasteiger partial charge on any atom is -0.395 e. The molecule has 5 heterocycles. The monoisotopic (exact) mass is 536 g/mol. The number of hydrogen-bond donors (Lipinski definition) is 2. The maximum atomic E-state index is 10.3. The molecule has 0 radical (unpaired) electrons. The van der Waals surface area contributed by atoms with Crippen LogP contribution in [0.1, 0.15) is 18.4 Å². The number of fused-ring (bicyclic) bond motifs is 1. The van der Waals surface area contributed by atoms with E-state index in [9.17, 15) is 5.11 Å². The highest BCUT2D eigenvalue weighted by Gasteiger charge is 2.36. The lowest BCUT2D eigenvalue weighted by Crippen LogP contribution is -2.45. The fraction of sp³-hybridized carbons (Fsp3) is 0.444. The van der Waals surface area contributed by atoms with E-state index in [4.69, 9.17) is 21.3 Å². The minimum absolute atomic E-state index is 0.117. The van der Waals surface area contributed by atoms with Crippen LogP contribution in [0.3, 0.4) is 0 Å². The van der Waals surface area contributed by atoms with Gasteiger partial charge in [0.05, 0.1) is 43.9 Å². The van der Waals surface area contributed by atoms with Gasteiger partial charge in [-0.3, -0.25) is 9.58 Å². The first-order chi connectivity index (χ1) is 18.6. The summed E-state index contributed by atoms with van der Waals surface area (Å²) in [6.07, 6.45) is 7.40. The molecule has 10 nitrogen and oxygen atoms in total. The quantitative estimate of drug-likeness (QED) is 0.354. The maximum Gasteiger partial charge on any atom is 0.247 e. The highest BCUT2D eigenvalue weighted by atomic mass is 35.5. The van der Waals surface area contributed by atoms with Gasteiger partial charge >= 0.3 is 0 Å². The molecule has 0 atom stereocenters. The van der Waals surface area contributed by atoms with E-state index in [1.807, 2.05) is 58.1 Å². The van der Waals surface area contributed by atoms with Crippen molar-refractivity contribution in [3.63, 3.8) is 0 Å². The zero-order chi connectivity index (χ0) is 26.0. The molecule has 2 aliphatic heterocycles. The molecule has 0 unspecified atom stereocenters. The summed E-state index contributed by atoms with van der Waals surface area (Å²) in [4.78, 5) is 9.54. The van der Waals surface area contributed by atoms with Crippen molar-refractivity contribution in [2.45, 2.75) is 24.8 Å². The summed E-state index contributed by atoms with van der Waals surface area (Å²) in [5.41, 5.74) is 3.59. The molecule has 4 aromatic rings. The Bertz CT molecular complexity index is 1360. The second kappa shape index (κ2) is 10.9. The molecule has 2 saturated heterocycles. The van der Waals surface area contributed by atoms with Gasteiger partial charge in [0.25, 0.3) is 0 Å². The Morgan fingerprint density at radius 1 is 1.03 bits per heavy atom. The van der Waals surface area contributed by atoms with Gasteiger partial charge in [-0.2, -0.15) is 10.1 Å². The highest BCUT2D eigenvalue weighted by Crippen LogP contribution is 2.37. The van der Waals surface area contributed by atoms with Crippen molar-refractivity contribution in [2.24, 2.45) is 0 Å². The molecule has 0 bridgehead atoms. The normalized spacial score (nSPS) is 18.2.